The van der Waals surface area contributed by atoms with Crippen molar-refractivity contribution in [1.82, 2.24) is 10.2 Å². The van der Waals surface area contributed by atoms with Gasteiger partial charge in [0.25, 0.3) is 0 Å². The summed E-state index contributed by atoms with van der Waals surface area (Å²) in [6, 6.07) is 0.0328. The van der Waals surface area contributed by atoms with Crippen LogP contribution < -0.4 is 5.32 Å². The van der Waals surface area contributed by atoms with Crippen LogP contribution in [0, 0.1) is 5.92 Å². The van der Waals surface area contributed by atoms with Crippen LogP contribution in [-0.2, 0) is 9.53 Å². The maximum atomic E-state index is 11.6. The minimum atomic E-state index is -0.825. The number of likely N-dealkylation sites (tertiary alicyclic amines) is 1. The molecular formula is C11H18N2O4. The van der Waals surface area contributed by atoms with E-state index in [0.29, 0.717) is 19.7 Å². The molecule has 0 bridgehead atoms. The normalized spacial score (nSPS) is 28.2. The van der Waals surface area contributed by atoms with Gasteiger partial charge in [-0.2, -0.15) is 0 Å². The monoisotopic (exact) mass is 242 g/mol. The first kappa shape index (κ1) is 12.2. The fourth-order valence-electron chi connectivity index (χ4n) is 2.12. The van der Waals surface area contributed by atoms with Gasteiger partial charge in [-0.25, -0.2) is 4.79 Å². The molecule has 0 aromatic rings. The van der Waals surface area contributed by atoms with E-state index in [2.05, 4.69) is 5.32 Å². The van der Waals surface area contributed by atoms with Gasteiger partial charge in [-0.1, -0.05) is 0 Å². The number of hydrogen-bond donors (Lipinski definition) is 2. The summed E-state index contributed by atoms with van der Waals surface area (Å²) < 4.78 is 5.40. The van der Waals surface area contributed by atoms with Gasteiger partial charge in [0.15, 0.2) is 0 Å². The second-order valence-electron chi connectivity index (χ2n) is 4.64. The third-order valence-electron chi connectivity index (χ3n) is 3.34. The third-order valence-corrected chi connectivity index (χ3v) is 3.34. The molecule has 0 radical (unpaired) electrons. The average molecular weight is 242 g/mol. The zero-order valence-corrected chi connectivity index (χ0v) is 9.89. The van der Waals surface area contributed by atoms with Crippen molar-refractivity contribution in [3.63, 3.8) is 0 Å². The first-order valence-electron chi connectivity index (χ1n) is 6.00. The first-order chi connectivity index (χ1) is 8.10. The van der Waals surface area contributed by atoms with E-state index >= 15 is 0 Å². The first-order valence-corrected chi connectivity index (χ1v) is 6.00. The molecule has 6 heteroatoms. The highest BCUT2D eigenvalue weighted by atomic mass is 16.5. The fourth-order valence-corrected chi connectivity index (χ4v) is 2.12. The summed E-state index contributed by atoms with van der Waals surface area (Å²) in [4.78, 5) is 23.8. The van der Waals surface area contributed by atoms with Crippen LogP contribution in [0.1, 0.15) is 19.8 Å². The standard InChI is InChI=1S/C11H18N2O4/c1-2-17-9-3-8(4-9)12-11(16)13-5-7(6-13)10(14)15/h7-9H,2-6H2,1H3,(H,12,16)(H,14,15). The van der Waals surface area contributed by atoms with Gasteiger partial charge in [-0.15, -0.1) is 0 Å². The molecule has 0 atom stereocenters. The molecule has 2 rings (SSSR count). The molecule has 17 heavy (non-hydrogen) atoms. The van der Waals surface area contributed by atoms with Crippen LogP contribution in [0.5, 0.6) is 0 Å². The highest BCUT2D eigenvalue weighted by Crippen LogP contribution is 2.24. The summed E-state index contributed by atoms with van der Waals surface area (Å²) in [5.41, 5.74) is 0. The molecular weight excluding hydrogens is 224 g/mol. The number of carboxylic acid groups (broad SMARTS) is 1. The summed E-state index contributed by atoms with van der Waals surface area (Å²) in [5, 5.41) is 11.6. The molecule has 0 spiro atoms. The second-order valence-corrected chi connectivity index (χ2v) is 4.64. The lowest BCUT2D eigenvalue weighted by Gasteiger charge is -2.40. The van der Waals surface area contributed by atoms with Crippen LogP contribution in [0.15, 0.2) is 0 Å². The number of aliphatic carboxylic acids is 1. The van der Waals surface area contributed by atoms with E-state index in [4.69, 9.17) is 9.84 Å². The highest BCUT2D eigenvalue weighted by Gasteiger charge is 2.38. The van der Waals surface area contributed by atoms with E-state index in [1.807, 2.05) is 6.92 Å². The van der Waals surface area contributed by atoms with Crippen molar-refractivity contribution in [3.05, 3.63) is 0 Å². The molecule has 2 aliphatic rings. The van der Waals surface area contributed by atoms with Crippen LogP contribution in [0.3, 0.4) is 0 Å². The molecule has 1 aliphatic heterocycles. The lowest BCUT2D eigenvalue weighted by atomic mass is 9.89. The van der Waals surface area contributed by atoms with E-state index in [1.165, 1.54) is 4.90 Å². The van der Waals surface area contributed by atoms with Gasteiger partial charge in [0.2, 0.25) is 0 Å². The lowest BCUT2D eigenvalue weighted by Crippen LogP contribution is -2.59. The van der Waals surface area contributed by atoms with Crippen molar-refractivity contribution in [3.8, 4) is 0 Å². The Balaban J connectivity index is 1.62. The van der Waals surface area contributed by atoms with Crippen molar-refractivity contribution >= 4 is 12.0 Å². The van der Waals surface area contributed by atoms with Gasteiger partial charge in [-0.05, 0) is 19.8 Å². The van der Waals surface area contributed by atoms with Crippen molar-refractivity contribution in [2.45, 2.75) is 31.9 Å². The number of carbonyl (C=O) groups is 2. The Morgan fingerprint density at radius 1 is 1.41 bits per heavy atom. The molecule has 2 fully saturated rings. The molecule has 0 unspecified atom stereocenters. The Labute approximate surface area is 99.9 Å². The topological polar surface area (TPSA) is 78.9 Å². The molecule has 96 valence electrons. The zero-order valence-electron chi connectivity index (χ0n) is 9.89. The number of hydrogen-bond acceptors (Lipinski definition) is 3. The summed E-state index contributed by atoms with van der Waals surface area (Å²) in [6.07, 6.45) is 1.99. The molecule has 1 saturated heterocycles. The fraction of sp³-hybridized carbons (Fsp3) is 0.818. The summed E-state index contributed by atoms with van der Waals surface area (Å²) in [5.74, 6) is -1.22. The number of nitrogens with one attached hydrogen (secondary N) is 1. The lowest BCUT2D eigenvalue weighted by molar-refractivity contribution is -0.146. The molecule has 6 nitrogen and oxygen atoms in total. The summed E-state index contributed by atoms with van der Waals surface area (Å²) in [6.45, 7) is 3.31. The van der Waals surface area contributed by atoms with Gasteiger partial charge in [0.05, 0.1) is 12.0 Å². The van der Waals surface area contributed by atoms with Gasteiger partial charge >= 0.3 is 12.0 Å². The van der Waals surface area contributed by atoms with Crippen molar-refractivity contribution in [2.24, 2.45) is 5.92 Å². The van der Waals surface area contributed by atoms with Crippen molar-refractivity contribution in [1.29, 1.82) is 0 Å². The molecule has 2 N–H and O–H groups in total. The van der Waals surface area contributed by atoms with Crippen molar-refractivity contribution in [2.75, 3.05) is 19.7 Å². The van der Waals surface area contributed by atoms with E-state index in [9.17, 15) is 9.59 Å². The molecule has 1 aliphatic carbocycles. The number of ether oxygens (including phenoxy) is 1. The number of nitrogens with zero attached hydrogens (tertiary/aromatic N) is 1. The minimum Gasteiger partial charge on any atom is -0.481 e. The molecule has 1 heterocycles. The Kier molecular flexibility index (Phi) is 3.51. The molecule has 0 aromatic carbocycles. The Morgan fingerprint density at radius 2 is 2.06 bits per heavy atom. The number of urea groups is 1. The smallest absolute Gasteiger partial charge is 0.317 e. The van der Waals surface area contributed by atoms with E-state index in [-0.39, 0.29) is 18.2 Å². The number of carbonyl (C=O) groups excluding carboxylic acids is 1. The largest absolute Gasteiger partial charge is 0.481 e. The predicted molar refractivity (Wildman–Crippen MR) is 59.7 cm³/mol. The average Bonchev–Trinajstić information content (AvgIpc) is 2.11. The molecule has 2 amide bonds. The van der Waals surface area contributed by atoms with Gasteiger partial charge in [-0.3, -0.25) is 4.79 Å². The second kappa shape index (κ2) is 4.91. The quantitative estimate of drug-likeness (QED) is 0.742. The van der Waals surface area contributed by atoms with Crippen LogP contribution in [0.4, 0.5) is 4.79 Å². The Morgan fingerprint density at radius 3 is 2.59 bits per heavy atom. The SMILES string of the molecule is CCOC1CC(NC(=O)N2CC(C(=O)O)C2)C1. The van der Waals surface area contributed by atoms with E-state index in [0.717, 1.165) is 12.8 Å². The van der Waals surface area contributed by atoms with Crippen LogP contribution >= 0.6 is 0 Å². The minimum absolute atomic E-state index is 0.151. The van der Waals surface area contributed by atoms with Gasteiger partial charge in [0, 0.05) is 25.7 Å². The van der Waals surface area contributed by atoms with E-state index < -0.39 is 11.9 Å². The maximum Gasteiger partial charge on any atom is 0.317 e. The van der Waals surface area contributed by atoms with Crippen LogP contribution in [0.25, 0.3) is 0 Å². The van der Waals surface area contributed by atoms with E-state index in [1.54, 1.807) is 0 Å². The highest BCUT2D eigenvalue weighted by molar-refractivity contribution is 5.80. The van der Waals surface area contributed by atoms with Gasteiger partial charge in [0.1, 0.15) is 0 Å². The Hall–Kier alpha value is -1.30. The third kappa shape index (κ3) is 2.69. The Bertz CT molecular complexity index is 309. The van der Waals surface area contributed by atoms with Crippen LogP contribution in [0.2, 0.25) is 0 Å². The number of amides is 2. The predicted octanol–water partition coefficient (Wildman–Crippen LogP) is 0.280. The van der Waals surface area contributed by atoms with Crippen molar-refractivity contribution < 1.29 is 19.4 Å². The molecule has 1 saturated carbocycles. The number of carboxylic acids is 1. The van der Waals surface area contributed by atoms with Crippen LogP contribution in [-0.4, -0.2) is 53.8 Å². The van der Waals surface area contributed by atoms with Gasteiger partial charge < -0.3 is 20.1 Å². The maximum absolute atomic E-state index is 11.6. The molecule has 0 aromatic heterocycles. The zero-order chi connectivity index (χ0) is 12.4. The summed E-state index contributed by atoms with van der Waals surface area (Å²) >= 11 is 0. The number of rotatable bonds is 4. The summed E-state index contributed by atoms with van der Waals surface area (Å²) in [7, 11) is 0.